The minimum atomic E-state index is -0.269. The van der Waals surface area contributed by atoms with E-state index in [4.69, 9.17) is 0 Å². The van der Waals surface area contributed by atoms with E-state index in [2.05, 4.69) is 10.6 Å². The van der Waals surface area contributed by atoms with Crippen LogP contribution in [-0.4, -0.2) is 25.5 Å². The van der Waals surface area contributed by atoms with Gasteiger partial charge in [0.05, 0.1) is 0 Å². The number of benzene rings is 1. The SMILES string of the molecule is C/C(=C\c1ccc(F)cc1)C(=O)NC[C@H]1CCCNC1. The van der Waals surface area contributed by atoms with Gasteiger partial charge in [-0.15, -0.1) is 0 Å². The van der Waals surface area contributed by atoms with Gasteiger partial charge in [0.25, 0.3) is 0 Å². The molecule has 108 valence electrons. The third kappa shape index (κ3) is 4.46. The molecule has 3 nitrogen and oxygen atoms in total. The first-order chi connectivity index (χ1) is 9.65. The maximum absolute atomic E-state index is 12.8. The van der Waals surface area contributed by atoms with Crippen molar-refractivity contribution in [2.24, 2.45) is 5.92 Å². The fourth-order valence-electron chi connectivity index (χ4n) is 2.35. The fourth-order valence-corrected chi connectivity index (χ4v) is 2.35. The van der Waals surface area contributed by atoms with Gasteiger partial charge in [-0.1, -0.05) is 12.1 Å². The highest BCUT2D eigenvalue weighted by Gasteiger charge is 2.14. The second kappa shape index (κ2) is 7.20. The molecule has 1 atom stereocenters. The zero-order valence-electron chi connectivity index (χ0n) is 11.8. The van der Waals surface area contributed by atoms with Crippen molar-refractivity contribution in [1.82, 2.24) is 10.6 Å². The lowest BCUT2D eigenvalue weighted by molar-refractivity contribution is -0.117. The maximum atomic E-state index is 12.8. The summed E-state index contributed by atoms with van der Waals surface area (Å²) in [6.45, 7) is 4.53. The Labute approximate surface area is 119 Å². The van der Waals surface area contributed by atoms with Gasteiger partial charge in [-0.3, -0.25) is 4.79 Å². The van der Waals surface area contributed by atoms with E-state index in [1.54, 1.807) is 25.1 Å². The van der Waals surface area contributed by atoms with Gasteiger partial charge in [0.15, 0.2) is 0 Å². The van der Waals surface area contributed by atoms with Gasteiger partial charge in [-0.2, -0.15) is 0 Å². The molecule has 0 unspecified atom stereocenters. The molecule has 1 heterocycles. The fraction of sp³-hybridized carbons (Fsp3) is 0.438. The molecular formula is C16H21FN2O. The van der Waals surface area contributed by atoms with Crippen molar-refractivity contribution in [2.45, 2.75) is 19.8 Å². The van der Waals surface area contributed by atoms with Crippen LogP contribution >= 0.6 is 0 Å². The van der Waals surface area contributed by atoms with Gasteiger partial charge < -0.3 is 10.6 Å². The highest BCUT2D eigenvalue weighted by molar-refractivity contribution is 5.97. The monoisotopic (exact) mass is 276 g/mol. The number of rotatable bonds is 4. The predicted molar refractivity (Wildman–Crippen MR) is 78.7 cm³/mol. The first-order valence-corrected chi connectivity index (χ1v) is 7.08. The number of piperidine rings is 1. The summed E-state index contributed by atoms with van der Waals surface area (Å²) in [7, 11) is 0. The largest absolute Gasteiger partial charge is 0.352 e. The van der Waals surface area contributed by atoms with E-state index in [0.29, 0.717) is 18.0 Å². The smallest absolute Gasteiger partial charge is 0.246 e. The van der Waals surface area contributed by atoms with Crippen LogP contribution in [0.25, 0.3) is 6.08 Å². The minimum absolute atomic E-state index is 0.0556. The Kier molecular flexibility index (Phi) is 5.30. The Hall–Kier alpha value is -1.68. The molecule has 0 spiro atoms. The number of nitrogens with one attached hydrogen (secondary N) is 2. The molecule has 4 heteroatoms. The Bertz CT molecular complexity index is 476. The topological polar surface area (TPSA) is 41.1 Å². The van der Waals surface area contributed by atoms with E-state index < -0.39 is 0 Å². The number of carbonyl (C=O) groups is 1. The van der Waals surface area contributed by atoms with Crippen LogP contribution in [0.1, 0.15) is 25.3 Å². The van der Waals surface area contributed by atoms with Crippen molar-refractivity contribution in [3.8, 4) is 0 Å². The molecule has 0 radical (unpaired) electrons. The average molecular weight is 276 g/mol. The summed E-state index contributed by atoms with van der Waals surface area (Å²) in [5.41, 5.74) is 1.47. The number of amides is 1. The third-order valence-electron chi connectivity index (χ3n) is 3.56. The molecule has 1 amide bonds. The van der Waals surface area contributed by atoms with Gasteiger partial charge >= 0.3 is 0 Å². The average Bonchev–Trinajstić information content (AvgIpc) is 2.48. The number of halogens is 1. The number of carbonyl (C=O) groups excluding carboxylic acids is 1. The highest BCUT2D eigenvalue weighted by atomic mass is 19.1. The highest BCUT2D eigenvalue weighted by Crippen LogP contribution is 2.10. The third-order valence-corrected chi connectivity index (χ3v) is 3.56. The standard InChI is InChI=1S/C16H21FN2O/c1-12(9-13-4-6-15(17)7-5-13)16(20)19-11-14-3-2-8-18-10-14/h4-7,9,14,18H,2-3,8,10-11H2,1H3,(H,19,20)/b12-9+/t14-/m0/s1. The van der Waals surface area contributed by atoms with Crippen LogP contribution in [0.4, 0.5) is 4.39 Å². The second-order valence-corrected chi connectivity index (χ2v) is 5.30. The van der Waals surface area contributed by atoms with Crippen molar-refractivity contribution in [2.75, 3.05) is 19.6 Å². The van der Waals surface area contributed by atoms with Gasteiger partial charge in [-0.05, 0) is 62.5 Å². The van der Waals surface area contributed by atoms with E-state index >= 15 is 0 Å². The summed E-state index contributed by atoms with van der Waals surface area (Å²) in [6, 6.07) is 6.11. The van der Waals surface area contributed by atoms with Crippen molar-refractivity contribution in [3.63, 3.8) is 0 Å². The first-order valence-electron chi connectivity index (χ1n) is 7.08. The lowest BCUT2D eigenvalue weighted by Gasteiger charge is -2.22. The molecule has 1 fully saturated rings. The van der Waals surface area contributed by atoms with E-state index in [0.717, 1.165) is 25.1 Å². The van der Waals surface area contributed by atoms with E-state index in [1.165, 1.54) is 18.6 Å². The molecule has 2 N–H and O–H groups in total. The van der Waals surface area contributed by atoms with Crippen LogP contribution in [0.3, 0.4) is 0 Å². The molecule has 1 aromatic carbocycles. The predicted octanol–water partition coefficient (Wildman–Crippen LogP) is 2.34. The van der Waals surface area contributed by atoms with Crippen LogP contribution in [-0.2, 0) is 4.79 Å². The Morgan fingerprint density at radius 3 is 2.85 bits per heavy atom. The summed E-state index contributed by atoms with van der Waals surface area (Å²) in [6.07, 6.45) is 4.10. The lowest BCUT2D eigenvalue weighted by atomic mass is 9.99. The van der Waals surface area contributed by atoms with E-state index in [-0.39, 0.29) is 11.7 Å². The molecule has 1 saturated heterocycles. The van der Waals surface area contributed by atoms with Gasteiger partial charge in [0.1, 0.15) is 5.82 Å². The van der Waals surface area contributed by atoms with Crippen LogP contribution in [0.15, 0.2) is 29.8 Å². The zero-order chi connectivity index (χ0) is 14.4. The lowest BCUT2D eigenvalue weighted by Crippen LogP contribution is -2.38. The van der Waals surface area contributed by atoms with Crippen LogP contribution in [0, 0.1) is 11.7 Å². The van der Waals surface area contributed by atoms with E-state index in [9.17, 15) is 9.18 Å². The Morgan fingerprint density at radius 1 is 1.45 bits per heavy atom. The first kappa shape index (κ1) is 14.7. The van der Waals surface area contributed by atoms with Crippen molar-refractivity contribution < 1.29 is 9.18 Å². The molecule has 0 aromatic heterocycles. The summed E-state index contributed by atoms with van der Waals surface area (Å²) in [4.78, 5) is 12.0. The van der Waals surface area contributed by atoms with Crippen molar-refractivity contribution in [1.29, 1.82) is 0 Å². The summed E-state index contributed by atoms with van der Waals surface area (Å²) in [5, 5.41) is 6.29. The van der Waals surface area contributed by atoms with Crippen LogP contribution in [0.2, 0.25) is 0 Å². The summed E-state index contributed by atoms with van der Waals surface area (Å²) >= 11 is 0. The molecule has 20 heavy (non-hydrogen) atoms. The van der Waals surface area contributed by atoms with Crippen LogP contribution in [0.5, 0.6) is 0 Å². The van der Waals surface area contributed by atoms with Gasteiger partial charge in [0.2, 0.25) is 5.91 Å². The van der Waals surface area contributed by atoms with Crippen LogP contribution < -0.4 is 10.6 Å². The number of hydrogen-bond donors (Lipinski definition) is 2. The molecule has 0 aliphatic carbocycles. The summed E-state index contributed by atoms with van der Waals surface area (Å²) < 4.78 is 12.8. The molecule has 2 rings (SSSR count). The Morgan fingerprint density at radius 2 is 2.20 bits per heavy atom. The molecule has 0 bridgehead atoms. The minimum Gasteiger partial charge on any atom is -0.352 e. The molecule has 0 saturated carbocycles. The molecule has 1 aliphatic heterocycles. The summed E-state index contributed by atoms with van der Waals surface area (Å²) in [5.74, 6) is 0.195. The zero-order valence-corrected chi connectivity index (χ0v) is 11.8. The molecule has 1 aromatic rings. The van der Waals surface area contributed by atoms with Crippen molar-refractivity contribution in [3.05, 3.63) is 41.2 Å². The van der Waals surface area contributed by atoms with Crippen molar-refractivity contribution >= 4 is 12.0 Å². The number of hydrogen-bond acceptors (Lipinski definition) is 2. The maximum Gasteiger partial charge on any atom is 0.246 e. The van der Waals surface area contributed by atoms with E-state index in [1.807, 2.05) is 0 Å². The van der Waals surface area contributed by atoms with Gasteiger partial charge in [-0.25, -0.2) is 4.39 Å². The second-order valence-electron chi connectivity index (χ2n) is 5.30. The quantitative estimate of drug-likeness (QED) is 0.829. The normalized spacial score (nSPS) is 19.7. The van der Waals surface area contributed by atoms with Gasteiger partial charge in [0, 0.05) is 12.1 Å². The molecular weight excluding hydrogens is 255 g/mol. The molecule has 1 aliphatic rings. The Balaban J connectivity index is 1.86.